The number of thiophene rings is 1. The van der Waals surface area contributed by atoms with Gasteiger partial charge in [-0.15, -0.1) is 11.3 Å². The van der Waals surface area contributed by atoms with Crippen LogP contribution in [0.15, 0.2) is 52.4 Å². The second kappa shape index (κ2) is 6.14. The van der Waals surface area contributed by atoms with E-state index in [4.69, 9.17) is 12.1 Å². The lowest BCUT2D eigenvalue weighted by molar-refractivity contribution is 0.413. The first-order valence-corrected chi connectivity index (χ1v) is 10.2. The molecule has 0 amide bonds. The lowest BCUT2D eigenvalue weighted by Gasteiger charge is -2.18. The highest BCUT2D eigenvalue weighted by molar-refractivity contribution is 7.17. The van der Waals surface area contributed by atoms with E-state index in [1.54, 1.807) is 17.5 Å². The number of rotatable bonds is 2. The zero-order valence-electron chi connectivity index (χ0n) is 18.3. The van der Waals surface area contributed by atoms with E-state index in [2.05, 4.69) is 4.98 Å². The Morgan fingerprint density at radius 2 is 1.96 bits per heavy atom. The van der Waals surface area contributed by atoms with Crippen LogP contribution in [0.3, 0.4) is 0 Å². The topological polar surface area (TPSA) is 38.9 Å². The lowest BCUT2D eigenvalue weighted by atomic mass is 9.87. The molecule has 3 nitrogen and oxygen atoms in total. The van der Waals surface area contributed by atoms with E-state index >= 15 is 0 Å². The van der Waals surface area contributed by atoms with E-state index in [1.165, 1.54) is 0 Å². The summed E-state index contributed by atoms with van der Waals surface area (Å²) in [6.07, 6.45) is 0.276. The van der Waals surface area contributed by atoms with Gasteiger partial charge in [-0.3, -0.25) is 4.98 Å². The Kier molecular flexibility index (Phi) is 3.34. The van der Waals surface area contributed by atoms with Gasteiger partial charge in [-0.05, 0) is 53.9 Å². The third-order valence-corrected chi connectivity index (χ3v) is 5.70. The molecule has 0 saturated carbocycles. The van der Waals surface area contributed by atoms with E-state index in [1.807, 2.05) is 69.5 Å². The molecule has 0 fully saturated rings. The fraction of sp³-hybridized carbons (Fsp3) is 0.250. The van der Waals surface area contributed by atoms with Crippen molar-refractivity contribution in [1.82, 2.24) is 9.97 Å². The van der Waals surface area contributed by atoms with Gasteiger partial charge in [0.2, 0.25) is 5.71 Å². The average molecular weight is 389 g/mol. The van der Waals surface area contributed by atoms with Crippen LogP contribution < -0.4 is 0 Å². The number of benzene rings is 1. The van der Waals surface area contributed by atoms with Gasteiger partial charge >= 0.3 is 0 Å². The van der Waals surface area contributed by atoms with E-state index < -0.39 is 11.8 Å². The van der Waals surface area contributed by atoms with Gasteiger partial charge in [-0.2, -0.15) is 0 Å². The predicted octanol–water partition coefficient (Wildman–Crippen LogP) is 7.15. The third kappa shape index (κ3) is 2.80. The molecule has 0 bridgehead atoms. The molecule has 28 heavy (non-hydrogen) atoms. The van der Waals surface area contributed by atoms with Crippen LogP contribution in [0.1, 0.15) is 34.8 Å². The zero-order chi connectivity index (χ0) is 21.3. The molecule has 0 aliphatic rings. The standard InChI is InChI=1S/C24H22N2OS/c1-14-8-9-17-16-6-5-7-18(22(16)27-23(17)26-14)21-20-15(12-24(2,3)4)13-28-19(20)10-11-25-21/h5-11,13H,12H2,1-4H3/i12D2. The minimum absolute atomic E-state index is 0.555. The summed E-state index contributed by atoms with van der Waals surface area (Å²) in [6, 6.07) is 12.0. The van der Waals surface area contributed by atoms with E-state index in [0.717, 1.165) is 43.4 Å². The molecule has 140 valence electrons. The lowest BCUT2D eigenvalue weighted by Crippen LogP contribution is -2.08. The molecule has 5 aromatic rings. The summed E-state index contributed by atoms with van der Waals surface area (Å²) in [5, 5.41) is 4.76. The van der Waals surface area contributed by atoms with Crippen LogP contribution in [-0.2, 0) is 6.37 Å². The van der Waals surface area contributed by atoms with Crippen LogP contribution in [0.2, 0.25) is 0 Å². The molecule has 1 aromatic carbocycles. The summed E-state index contributed by atoms with van der Waals surface area (Å²) in [5.74, 6) is 0. The van der Waals surface area contributed by atoms with Gasteiger partial charge in [0.05, 0.1) is 5.69 Å². The second-order valence-corrected chi connectivity index (χ2v) is 9.06. The first kappa shape index (κ1) is 15.2. The maximum absolute atomic E-state index is 8.86. The van der Waals surface area contributed by atoms with Crippen LogP contribution in [0.25, 0.3) is 43.4 Å². The monoisotopic (exact) mass is 388 g/mol. The maximum atomic E-state index is 8.86. The highest BCUT2D eigenvalue weighted by atomic mass is 32.1. The van der Waals surface area contributed by atoms with Gasteiger partial charge in [0.1, 0.15) is 5.58 Å². The fourth-order valence-electron chi connectivity index (χ4n) is 3.64. The average Bonchev–Trinajstić information content (AvgIpc) is 3.28. The number of nitrogens with zero attached hydrogens (tertiary/aromatic N) is 2. The molecular weight excluding hydrogens is 364 g/mol. The van der Waals surface area contributed by atoms with Gasteiger partial charge in [-0.25, -0.2) is 4.98 Å². The van der Waals surface area contributed by atoms with Crippen molar-refractivity contribution < 1.29 is 7.16 Å². The highest BCUT2D eigenvalue weighted by Gasteiger charge is 2.20. The Bertz CT molecular complexity index is 1430. The van der Waals surface area contributed by atoms with Crippen LogP contribution in [-0.4, -0.2) is 9.97 Å². The van der Waals surface area contributed by atoms with Crippen molar-refractivity contribution in [2.45, 2.75) is 34.1 Å². The molecule has 0 unspecified atom stereocenters. The molecule has 0 aliphatic heterocycles. The highest BCUT2D eigenvalue weighted by Crippen LogP contribution is 2.40. The van der Waals surface area contributed by atoms with Gasteiger partial charge < -0.3 is 4.42 Å². The Labute approximate surface area is 170 Å². The SMILES string of the molecule is [2H]C([2H])(c1csc2ccnc(-c3cccc4c3oc3nc(C)ccc34)c12)C(C)(C)C. The van der Waals surface area contributed by atoms with Crippen molar-refractivity contribution in [3.05, 3.63) is 59.2 Å². The largest absolute Gasteiger partial charge is 0.437 e. The molecule has 4 aromatic heterocycles. The van der Waals surface area contributed by atoms with Crippen LogP contribution in [0, 0.1) is 12.3 Å². The molecule has 0 saturated heterocycles. The molecule has 0 atom stereocenters. The molecule has 0 N–H and O–H groups in total. The summed E-state index contributed by atoms with van der Waals surface area (Å²) in [6.45, 7) is 7.74. The van der Waals surface area contributed by atoms with Crippen molar-refractivity contribution in [2.75, 3.05) is 0 Å². The van der Waals surface area contributed by atoms with Gasteiger partial charge in [0.25, 0.3) is 0 Å². The predicted molar refractivity (Wildman–Crippen MR) is 118 cm³/mol. The summed E-state index contributed by atoms with van der Waals surface area (Å²) in [7, 11) is 0. The Morgan fingerprint density at radius 3 is 2.79 bits per heavy atom. The summed E-state index contributed by atoms with van der Waals surface area (Å²) < 4.78 is 24.9. The number of aromatic nitrogens is 2. The van der Waals surface area contributed by atoms with Gasteiger partial charge in [0, 0.05) is 41.1 Å². The van der Waals surface area contributed by atoms with Gasteiger partial charge in [-0.1, -0.05) is 32.9 Å². The normalized spacial score (nSPS) is 14.0. The van der Waals surface area contributed by atoms with Crippen molar-refractivity contribution in [3.8, 4) is 11.3 Å². The van der Waals surface area contributed by atoms with E-state index in [9.17, 15) is 0 Å². The first-order valence-electron chi connectivity index (χ1n) is 10.3. The maximum Gasteiger partial charge on any atom is 0.227 e. The number of aryl methyl sites for hydroxylation is 1. The Balaban J connectivity index is 1.86. The molecule has 0 aliphatic carbocycles. The van der Waals surface area contributed by atoms with E-state index in [0.29, 0.717) is 11.3 Å². The molecular formula is C24H22N2OS. The second-order valence-electron chi connectivity index (χ2n) is 8.15. The van der Waals surface area contributed by atoms with Crippen molar-refractivity contribution in [3.63, 3.8) is 0 Å². The molecule has 0 spiro atoms. The number of hydrogen-bond acceptors (Lipinski definition) is 4. The van der Waals surface area contributed by atoms with E-state index in [-0.39, 0.29) is 0 Å². The summed E-state index contributed by atoms with van der Waals surface area (Å²) in [4.78, 5) is 9.25. The molecule has 4 heteroatoms. The minimum Gasteiger partial charge on any atom is -0.437 e. The summed E-state index contributed by atoms with van der Waals surface area (Å²) >= 11 is 1.56. The fourth-order valence-corrected chi connectivity index (χ4v) is 4.53. The number of pyridine rings is 2. The zero-order valence-corrected chi connectivity index (χ0v) is 17.1. The Morgan fingerprint density at radius 1 is 1.11 bits per heavy atom. The van der Waals surface area contributed by atoms with Crippen LogP contribution >= 0.6 is 11.3 Å². The quantitative estimate of drug-likeness (QED) is 0.322. The molecule has 5 rings (SSSR count). The van der Waals surface area contributed by atoms with Crippen molar-refractivity contribution in [1.29, 1.82) is 0 Å². The van der Waals surface area contributed by atoms with Crippen molar-refractivity contribution >= 4 is 43.5 Å². The van der Waals surface area contributed by atoms with Crippen LogP contribution in [0.5, 0.6) is 0 Å². The number of fused-ring (bicyclic) bond motifs is 4. The molecule has 0 radical (unpaired) electrons. The molecule has 4 heterocycles. The number of furan rings is 1. The Hall–Kier alpha value is -2.72. The summed E-state index contributed by atoms with van der Waals surface area (Å²) in [5.41, 5.74) is 3.98. The smallest absolute Gasteiger partial charge is 0.227 e. The van der Waals surface area contributed by atoms with Crippen molar-refractivity contribution in [2.24, 2.45) is 5.41 Å². The van der Waals surface area contributed by atoms with Crippen LogP contribution in [0.4, 0.5) is 0 Å². The third-order valence-electron chi connectivity index (χ3n) is 4.75. The minimum atomic E-state index is -1.51. The number of hydrogen-bond donors (Lipinski definition) is 0. The van der Waals surface area contributed by atoms with Gasteiger partial charge in [0.15, 0.2) is 0 Å². The first-order chi connectivity index (χ1) is 14.2. The number of para-hydroxylation sites is 1.